The summed E-state index contributed by atoms with van der Waals surface area (Å²) >= 11 is 7.24. The van der Waals surface area contributed by atoms with Gasteiger partial charge in [0.15, 0.2) is 0 Å². The number of nitrogens with zero attached hydrogens (tertiary/aromatic N) is 4. The average molecular weight is 307 g/mol. The highest BCUT2D eigenvalue weighted by Gasteiger charge is 2.12. The van der Waals surface area contributed by atoms with Gasteiger partial charge < -0.3 is 4.18 Å². The number of hydrogen-bond acceptors (Lipinski definition) is 5. The zero-order valence-corrected chi connectivity index (χ0v) is 12.2. The minimum absolute atomic E-state index is 0.352. The zero-order valence-electron chi connectivity index (χ0n) is 10.7. The first-order valence-corrected chi connectivity index (χ1v) is 7.44. The van der Waals surface area contributed by atoms with Gasteiger partial charge in [0.2, 0.25) is 0 Å². The van der Waals surface area contributed by atoms with Gasteiger partial charge in [-0.25, -0.2) is 9.67 Å². The van der Waals surface area contributed by atoms with Crippen LogP contribution in [-0.4, -0.2) is 26.2 Å². The lowest BCUT2D eigenvalue weighted by molar-refractivity contribution is 0.358. The highest BCUT2D eigenvalue weighted by Crippen LogP contribution is 2.21. The molecule has 0 aliphatic rings. The van der Waals surface area contributed by atoms with Gasteiger partial charge in [0.25, 0.3) is 0 Å². The minimum atomic E-state index is 0.352. The van der Waals surface area contributed by atoms with Gasteiger partial charge in [-0.3, -0.25) is 0 Å². The fraction of sp³-hybridized carbons (Fsp3) is 0.154. The first kappa shape index (κ1) is 13.4. The molecular formula is C13H11ClN4OS. The zero-order chi connectivity index (χ0) is 13.9. The summed E-state index contributed by atoms with van der Waals surface area (Å²) < 4.78 is 7.11. The van der Waals surface area contributed by atoms with Crippen LogP contribution in [0.25, 0.3) is 16.7 Å². The third-order valence-corrected chi connectivity index (χ3v) is 3.37. The summed E-state index contributed by atoms with van der Waals surface area (Å²) in [5.74, 6) is 0. The number of rotatable bonds is 4. The molecule has 0 aliphatic heterocycles. The van der Waals surface area contributed by atoms with Crippen LogP contribution in [0, 0.1) is 0 Å². The van der Waals surface area contributed by atoms with Crippen molar-refractivity contribution in [3.05, 3.63) is 47.2 Å². The van der Waals surface area contributed by atoms with Gasteiger partial charge in [-0.15, -0.1) is 5.10 Å². The molecule has 5 nitrogen and oxygen atoms in total. The summed E-state index contributed by atoms with van der Waals surface area (Å²) in [4.78, 5) is 4.31. The van der Waals surface area contributed by atoms with Gasteiger partial charge in [0.05, 0.1) is 16.9 Å². The van der Waals surface area contributed by atoms with Crippen molar-refractivity contribution in [3.8, 4) is 5.69 Å². The monoisotopic (exact) mass is 306 g/mol. The van der Waals surface area contributed by atoms with E-state index in [4.69, 9.17) is 15.8 Å². The summed E-state index contributed by atoms with van der Waals surface area (Å²) in [6, 6.07) is 11.4. The van der Waals surface area contributed by atoms with Crippen molar-refractivity contribution in [2.45, 2.75) is 6.61 Å². The number of halogens is 1. The molecule has 0 aliphatic carbocycles. The molecule has 3 rings (SSSR count). The van der Waals surface area contributed by atoms with Crippen LogP contribution in [0.3, 0.4) is 0 Å². The predicted molar refractivity (Wildman–Crippen MR) is 80.0 cm³/mol. The molecule has 0 atom stereocenters. The first-order valence-electron chi connectivity index (χ1n) is 5.91. The highest BCUT2D eigenvalue weighted by molar-refractivity contribution is 7.93. The van der Waals surface area contributed by atoms with E-state index < -0.39 is 0 Å². The molecule has 0 spiro atoms. The number of pyridine rings is 1. The average Bonchev–Trinajstić information content (AvgIpc) is 2.89. The Kier molecular flexibility index (Phi) is 3.86. The van der Waals surface area contributed by atoms with Gasteiger partial charge >= 0.3 is 0 Å². The molecule has 0 bridgehead atoms. The van der Waals surface area contributed by atoms with Crippen LogP contribution >= 0.6 is 23.6 Å². The fourth-order valence-corrected chi connectivity index (χ4v) is 2.32. The third kappa shape index (κ3) is 2.49. The number of para-hydroxylation sites is 1. The number of fused-ring (bicyclic) bond motifs is 1. The van der Waals surface area contributed by atoms with Gasteiger partial charge in [0, 0.05) is 6.26 Å². The topological polar surface area (TPSA) is 52.8 Å². The van der Waals surface area contributed by atoms with Crippen LogP contribution < -0.4 is 0 Å². The van der Waals surface area contributed by atoms with Crippen molar-refractivity contribution in [1.82, 2.24) is 20.0 Å². The molecule has 2 heterocycles. The standard InChI is InChI=1S/C13H11ClN4OS/c1-20-19-8-10-12(6-7-13(14)15-10)18-11-5-3-2-4-9(11)16-17-18/h2-7H,8H2,1H3. The van der Waals surface area contributed by atoms with Crippen LogP contribution in [0.4, 0.5) is 0 Å². The predicted octanol–water partition coefficient (Wildman–Crippen LogP) is 3.26. The van der Waals surface area contributed by atoms with Gasteiger partial charge in [-0.2, -0.15) is 0 Å². The molecule has 0 fully saturated rings. The normalized spacial score (nSPS) is 11.1. The second-order valence-corrected chi connectivity index (χ2v) is 4.97. The largest absolute Gasteiger partial charge is 0.309 e. The molecule has 1 aromatic carbocycles. The van der Waals surface area contributed by atoms with Crippen molar-refractivity contribution < 1.29 is 4.18 Å². The Bertz CT molecular complexity index is 746. The summed E-state index contributed by atoms with van der Waals surface area (Å²) in [6.07, 6.45) is 1.86. The molecule has 3 aromatic rings. The Morgan fingerprint density at radius 1 is 1.25 bits per heavy atom. The van der Waals surface area contributed by atoms with Crippen molar-refractivity contribution in [2.24, 2.45) is 0 Å². The van der Waals surface area contributed by atoms with Crippen molar-refractivity contribution in [1.29, 1.82) is 0 Å². The van der Waals surface area contributed by atoms with E-state index in [-0.39, 0.29) is 0 Å². The molecule has 2 aromatic heterocycles. The van der Waals surface area contributed by atoms with E-state index in [2.05, 4.69) is 15.3 Å². The number of hydrogen-bond donors (Lipinski definition) is 0. The van der Waals surface area contributed by atoms with Crippen LogP contribution in [0.1, 0.15) is 5.69 Å². The van der Waals surface area contributed by atoms with E-state index >= 15 is 0 Å². The quantitative estimate of drug-likeness (QED) is 0.547. The second kappa shape index (κ2) is 5.78. The van der Waals surface area contributed by atoms with E-state index in [9.17, 15) is 0 Å². The van der Waals surface area contributed by atoms with E-state index in [1.165, 1.54) is 12.0 Å². The summed E-state index contributed by atoms with van der Waals surface area (Å²) in [5, 5.41) is 8.76. The second-order valence-electron chi connectivity index (χ2n) is 4.02. The summed E-state index contributed by atoms with van der Waals surface area (Å²) in [5.41, 5.74) is 3.29. The van der Waals surface area contributed by atoms with Crippen molar-refractivity contribution in [2.75, 3.05) is 6.26 Å². The highest BCUT2D eigenvalue weighted by atomic mass is 35.5. The maximum Gasteiger partial charge on any atom is 0.129 e. The van der Waals surface area contributed by atoms with Crippen LogP contribution in [0.15, 0.2) is 36.4 Å². The lowest BCUT2D eigenvalue weighted by Gasteiger charge is -2.08. The lowest BCUT2D eigenvalue weighted by atomic mass is 10.2. The van der Waals surface area contributed by atoms with E-state index in [1.54, 1.807) is 10.7 Å². The fourth-order valence-electron chi connectivity index (χ4n) is 1.93. The molecule has 0 amide bonds. The van der Waals surface area contributed by atoms with E-state index in [0.29, 0.717) is 11.8 Å². The van der Waals surface area contributed by atoms with Crippen LogP contribution in [0.5, 0.6) is 0 Å². The molecule has 0 saturated carbocycles. The lowest BCUT2D eigenvalue weighted by Crippen LogP contribution is -2.04. The molecule has 0 saturated heterocycles. The minimum Gasteiger partial charge on any atom is -0.309 e. The number of aromatic nitrogens is 4. The third-order valence-electron chi connectivity index (χ3n) is 2.81. The van der Waals surface area contributed by atoms with Crippen LogP contribution in [0.2, 0.25) is 5.15 Å². The maximum absolute atomic E-state index is 5.96. The Labute approximate surface area is 125 Å². The molecule has 20 heavy (non-hydrogen) atoms. The summed E-state index contributed by atoms with van der Waals surface area (Å²) in [7, 11) is 0. The Morgan fingerprint density at radius 3 is 2.95 bits per heavy atom. The van der Waals surface area contributed by atoms with Gasteiger partial charge in [0.1, 0.15) is 17.3 Å². The smallest absolute Gasteiger partial charge is 0.129 e. The molecule has 7 heteroatoms. The van der Waals surface area contributed by atoms with Crippen LogP contribution in [-0.2, 0) is 10.8 Å². The molecule has 0 radical (unpaired) electrons. The van der Waals surface area contributed by atoms with E-state index in [1.807, 2.05) is 36.6 Å². The molecular weight excluding hydrogens is 296 g/mol. The van der Waals surface area contributed by atoms with Gasteiger partial charge in [-0.1, -0.05) is 28.9 Å². The Morgan fingerprint density at radius 2 is 2.10 bits per heavy atom. The summed E-state index contributed by atoms with van der Waals surface area (Å²) in [6.45, 7) is 0.352. The van der Waals surface area contributed by atoms with Crippen molar-refractivity contribution >= 4 is 34.7 Å². The first-order chi connectivity index (χ1) is 9.79. The molecule has 0 unspecified atom stereocenters. The van der Waals surface area contributed by atoms with Gasteiger partial charge in [-0.05, 0) is 36.3 Å². The Hall–Kier alpha value is -1.63. The maximum atomic E-state index is 5.96. The van der Waals surface area contributed by atoms with Crippen molar-refractivity contribution in [3.63, 3.8) is 0 Å². The number of benzene rings is 1. The SMILES string of the molecule is CSOCc1nc(Cl)ccc1-n1nnc2ccccc21. The molecule has 102 valence electrons. The van der Waals surface area contributed by atoms with E-state index in [0.717, 1.165) is 22.4 Å². The Balaban J connectivity index is 2.13. The molecule has 0 N–H and O–H groups in total.